The van der Waals surface area contributed by atoms with E-state index in [9.17, 15) is 4.79 Å². The number of aliphatic imine (C=N–C) groups is 1. The summed E-state index contributed by atoms with van der Waals surface area (Å²) in [6, 6.07) is 8.84. The fourth-order valence-electron chi connectivity index (χ4n) is 1.87. The van der Waals surface area contributed by atoms with Gasteiger partial charge in [-0.15, -0.1) is 0 Å². The van der Waals surface area contributed by atoms with Crippen LogP contribution in [-0.2, 0) is 4.79 Å². The Morgan fingerprint density at radius 2 is 2.22 bits per heavy atom. The van der Waals surface area contributed by atoms with Gasteiger partial charge in [0.05, 0.1) is 12.0 Å². The first-order valence-corrected chi connectivity index (χ1v) is 5.80. The highest BCUT2D eigenvalue weighted by Gasteiger charge is 2.19. The number of fused-ring (bicyclic) bond motifs is 1. The predicted octanol–water partition coefficient (Wildman–Crippen LogP) is 2.72. The van der Waals surface area contributed by atoms with Gasteiger partial charge < -0.3 is 9.73 Å². The molecule has 1 N–H and O–H groups in total. The van der Waals surface area contributed by atoms with Crippen LogP contribution >= 0.6 is 11.6 Å². The van der Waals surface area contributed by atoms with Crippen molar-refractivity contribution in [2.45, 2.75) is 0 Å². The second-order valence-corrected chi connectivity index (χ2v) is 4.32. The number of benzene rings is 1. The minimum Gasteiger partial charge on any atom is -0.463 e. The van der Waals surface area contributed by atoms with Crippen LogP contribution in [0.15, 0.2) is 46.0 Å². The van der Waals surface area contributed by atoms with Crippen LogP contribution in [0.2, 0.25) is 5.02 Å². The van der Waals surface area contributed by atoms with Gasteiger partial charge in [-0.25, -0.2) is 0 Å². The fourth-order valence-corrected chi connectivity index (χ4v) is 2.04. The molecule has 0 atom stereocenters. The molecule has 5 heteroatoms. The summed E-state index contributed by atoms with van der Waals surface area (Å²) in [7, 11) is 0. The van der Waals surface area contributed by atoms with Gasteiger partial charge in [0.25, 0.3) is 0 Å². The lowest BCUT2D eigenvalue weighted by molar-refractivity contribution is -0.114. The van der Waals surface area contributed by atoms with Gasteiger partial charge in [-0.2, -0.15) is 0 Å². The number of furan rings is 1. The summed E-state index contributed by atoms with van der Waals surface area (Å²) in [4.78, 5) is 15.8. The predicted molar refractivity (Wildman–Crippen MR) is 69.3 cm³/mol. The van der Waals surface area contributed by atoms with Gasteiger partial charge in [-0.3, -0.25) is 9.79 Å². The van der Waals surface area contributed by atoms with E-state index in [2.05, 4.69) is 10.3 Å². The number of nitrogens with one attached hydrogen (secondary N) is 1. The first-order chi connectivity index (χ1) is 8.74. The van der Waals surface area contributed by atoms with Crippen molar-refractivity contribution in [3.63, 3.8) is 0 Å². The molecule has 1 aromatic carbocycles. The lowest BCUT2D eigenvalue weighted by Crippen LogP contribution is -2.13. The molecule has 18 heavy (non-hydrogen) atoms. The van der Waals surface area contributed by atoms with E-state index in [0.717, 1.165) is 5.56 Å². The molecule has 0 aliphatic carbocycles. The zero-order valence-electron chi connectivity index (χ0n) is 9.31. The quantitative estimate of drug-likeness (QED) is 0.857. The third kappa shape index (κ3) is 1.91. The van der Waals surface area contributed by atoms with Crippen molar-refractivity contribution in [1.82, 2.24) is 0 Å². The second-order valence-electron chi connectivity index (χ2n) is 3.88. The van der Waals surface area contributed by atoms with Crippen molar-refractivity contribution >= 4 is 28.9 Å². The Morgan fingerprint density at radius 3 is 3.00 bits per heavy atom. The van der Waals surface area contributed by atoms with Gasteiger partial charge in [-0.1, -0.05) is 11.6 Å². The highest BCUT2D eigenvalue weighted by Crippen LogP contribution is 2.26. The number of hydrogen-bond donors (Lipinski definition) is 1. The van der Waals surface area contributed by atoms with Crippen LogP contribution in [0.1, 0.15) is 11.3 Å². The molecular formula is C13H9ClN2O2. The van der Waals surface area contributed by atoms with Crippen LogP contribution in [0.25, 0.3) is 0 Å². The van der Waals surface area contributed by atoms with Crippen LogP contribution in [-0.4, -0.2) is 18.2 Å². The molecule has 1 aliphatic rings. The van der Waals surface area contributed by atoms with Crippen molar-refractivity contribution in [3.8, 4) is 0 Å². The molecule has 3 rings (SSSR count). The van der Waals surface area contributed by atoms with Gasteiger partial charge in [0.1, 0.15) is 12.3 Å². The summed E-state index contributed by atoms with van der Waals surface area (Å²) in [6.07, 6.45) is 1.57. The first-order valence-electron chi connectivity index (χ1n) is 5.42. The Bertz CT molecular complexity index is 632. The number of hydrogen-bond acceptors (Lipinski definition) is 3. The normalized spacial score (nSPS) is 14.5. The monoisotopic (exact) mass is 260 g/mol. The topological polar surface area (TPSA) is 54.6 Å². The number of rotatable bonds is 1. The summed E-state index contributed by atoms with van der Waals surface area (Å²) < 4.78 is 5.35. The van der Waals surface area contributed by atoms with Crippen LogP contribution in [0.5, 0.6) is 0 Å². The number of carbonyl (C=O) groups excluding carboxylic acids is 1. The maximum absolute atomic E-state index is 11.6. The average molecular weight is 261 g/mol. The Kier molecular flexibility index (Phi) is 2.64. The zero-order chi connectivity index (χ0) is 12.5. The summed E-state index contributed by atoms with van der Waals surface area (Å²) in [6.45, 7) is 0.0718. The van der Waals surface area contributed by atoms with E-state index < -0.39 is 0 Å². The van der Waals surface area contributed by atoms with Gasteiger partial charge in [0.15, 0.2) is 5.76 Å². The molecule has 0 saturated carbocycles. The van der Waals surface area contributed by atoms with Crippen LogP contribution in [0.3, 0.4) is 0 Å². The number of amides is 1. The third-order valence-corrected chi connectivity index (χ3v) is 2.88. The van der Waals surface area contributed by atoms with Crippen LogP contribution < -0.4 is 5.32 Å². The third-order valence-electron chi connectivity index (χ3n) is 2.65. The van der Waals surface area contributed by atoms with Gasteiger partial charge in [0.2, 0.25) is 5.91 Å². The van der Waals surface area contributed by atoms with Crippen molar-refractivity contribution in [2.24, 2.45) is 4.99 Å². The van der Waals surface area contributed by atoms with E-state index in [1.54, 1.807) is 36.6 Å². The molecule has 90 valence electrons. The van der Waals surface area contributed by atoms with E-state index in [4.69, 9.17) is 16.0 Å². The SMILES string of the molecule is O=C1CN=C(c2ccco2)c2cc(Cl)ccc2N1. The molecule has 0 unspecified atom stereocenters. The Hall–Kier alpha value is -2.07. The van der Waals surface area contributed by atoms with Gasteiger partial charge >= 0.3 is 0 Å². The second kappa shape index (κ2) is 4.31. The molecule has 0 radical (unpaired) electrons. The number of halogens is 1. The lowest BCUT2D eigenvalue weighted by Gasteiger charge is -2.08. The van der Waals surface area contributed by atoms with E-state index in [1.807, 2.05) is 0 Å². The number of anilines is 1. The van der Waals surface area contributed by atoms with E-state index in [0.29, 0.717) is 22.2 Å². The maximum Gasteiger partial charge on any atom is 0.246 e. The molecule has 1 aromatic heterocycles. The van der Waals surface area contributed by atoms with Crippen LogP contribution in [0.4, 0.5) is 5.69 Å². The van der Waals surface area contributed by atoms with Crippen LogP contribution in [0, 0.1) is 0 Å². The van der Waals surface area contributed by atoms with Crippen molar-refractivity contribution in [3.05, 3.63) is 52.9 Å². The standard InChI is InChI=1S/C13H9ClN2O2/c14-8-3-4-10-9(6-8)13(11-2-1-5-18-11)15-7-12(17)16-10/h1-6H,7H2,(H,16,17). The summed E-state index contributed by atoms with van der Waals surface area (Å²) in [5.74, 6) is 0.468. The van der Waals surface area contributed by atoms with Gasteiger partial charge in [-0.05, 0) is 30.3 Å². The molecule has 4 nitrogen and oxygen atoms in total. The molecule has 0 bridgehead atoms. The molecule has 0 fully saturated rings. The number of benzodiazepines with no additional fused rings is 1. The van der Waals surface area contributed by atoms with Gasteiger partial charge in [0, 0.05) is 10.6 Å². The minimum absolute atomic E-state index is 0.0718. The molecule has 1 aliphatic heterocycles. The zero-order valence-corrected chi connectivity index (χ0v) is 10.1. The molecule has 0 spiro atoms. The van der Waals surface area contributed by atoms with E-state index in [1.165, 1.54) is 0 Å². The van der Waals surface area contributed by atoms with Crippen molar-refractivity contribution in [1.29, 1.82) is 0 Å². The Balaban J connectivity index is 2.20. The Labute approximate surface area is 108 Å². The minimum atomic E-state index is -0.153. The van der Waals surface area contributed by atoms with Crippen molar-refractivity contribution in [2.75, 3.05) is 11.9 Å². The maximum atomic E-state index is 11.6. The summed E-state index contributed by atoms with van der Waals surface area (Å²) in [5.41, 5.74) is 2.09. The van der Waals surface area contributed by atoms with E-state index >= 15 is 0 Å². The van der Waals surface area contributed by atoms with E-state index in [-0.39, 0.29) is 12.5 Å². The molecule has 0 saturated heterocycles. The summed E-state index contributed by atoms with van der Waals surface area (Å²) >= 11 is 5.99. The Morgan fingerprint density at radius 1 is 1.33 bits per heavy atom. The molecule has 2 heterocycles. The average Bonchev–Trinajstić information content (AvgIpc) is 2.81. The first kappa shape index (κ1) is 11.0. The summed E-state index contributed by atoms with van der Waals surface area (Å²) in [5, 5.41) is 3.37. The smallest absolute Gasteiger partial charge is 0.246 e. The van der Waals surface area contributed by atoms with Crippen molar-refractivity contribution < 1.29 is 9.21 Å². The largest absolute Gasteiger partial charge is 0.463 e. The highest BCUT2D eigenvalue weighted by atomic mass is 35.5. The number of nitrogens with zero attached hydrogens (tertiary/aromatic N) is 1. The molecule has 1 amide bonds. The number of carbonyl (C=O) groups is 1. The highest BCUT2D eigenvalue weighted by molar-refractivity contribution is 6.31. The fraction of sp³-hybridized carbons (Fsp3) is 0.0769. The molecular weight excluding hydrogens is 252 g/mol. The lowest BCUT2D eigenvalue weighted by atomic mass is 10.1. The molecule has 2 aromatic rings.